The van der Waals surface area contributed by atoms with Crippen molar-refractivity contribution in [2.45, 2.75) is 19.4 Å². The smallest absolute Gasteiger partial charge is 0.181 e. The van der Waals surface area contributed by atoms with Crippen LogP contribution < -0.4 is 9.47 Å². The molecule has 0 spiro atoms. The third-order valence-corrected chi connectivity index (χ3v) is 6.37. The molecule has 0 unspecified atom stereocenters. The molecule has 1 aliphatic carbocycles. The number of fused-ring (bicyclic) bond motifs is 1. The van der Waals surface area contributed by atoms with Crippen LogP contribution in [0.15, 0.2) is 84.9 Å². The number of carbonyl (C=O) groups excluding carboxylic acids is 1. The van der Waals surface area contributed by atoms with Crippen LogP contribution in [-0.4, -0.2) is 49.2 Å². The van der Waals surface area contributed by atoms with Crippen LogP contribution in [0.2, 0.25) is 0 Å². The van der Waals surface area contributed by atoms with Crippen molar-refractivity contribution in [3.63, 3.8) is 0 Å². The zero-order valence-electron chi connectivity index (χ0n) is 20.7. The number of allylic oxidation sites excluding steroid dienone is 1. The van der Waals surface area contributed by atoms with E-state index in [2.05, 4.69) is 47.4 Å². The van der Waals surface area contributed by atoms with E-state index in [0.717, 1.165) is 49.5 Å². The molecule has 0 amide bonds. The Hall–Kier alpha value is -3.67. The fourth-order valence-electron chi connectivity index (χ4n) is 4.34. The van der Waals surface area contributed by atoms with Crippen LogP contribution in [-0.2, 0) is 17.8 Å². The highest BCUT2D eigenvalue weighted by atomic mass is 16.5. The molecule has 0 atom stereocenters. The van der Waals surface area contributed by atoms with Crippen LogP contribution >= 0.6 is 0 Å². The second-order valence-electron chi connectivity index (χ2n) is 8.84. The number of hydrogen-bond acceptors (Lipinski definition) is 5. The number of methoxy groups -OCH3 is 1. The molecule has 3 aromatic rings. The van der Waals surface area contributed by atoms with Crippen LogP contribution in [0.25, 0.3) is 11.6 Å². The molecule has 0 bridgehead atoms. The maximum atomic E-state index is 11.3. The van der Waals surface area contributed by atoms with Gasteiger partial charge in [-0.2, -0.15) is 0 Å². The lowest BCUT2D eigenvalue weighted by Gasteiger charge is -2.23. The summed E-state index contributed by atoms with van der Waals surface area (Å²) in [5, 5.41) is 8.88. The Balaban J connectivity index is 1.38. The largest absolute Gasteiger partial charge is 0.497 e. The molecule has 4 rings (SSSR count). The summed E-state index contributed by atoms with van der Waals surface area (Å²) in [7, 11) is 1.66. The molecule has 5 nitrogen and oxygen atoms in total. The van der Waals surface area contributed by atoms with Gasteiger partial charge in [-0.15, -0.1) is 0 Å². The van der Waals surface area contributed by atoms with E-state index in [9.17, 15) is 4.79 Å². The van der Waals surface area contributed by atoms with Gasteiger partial charge in [-0.1, -0.05) is 60.7 Å². The van der Waals surface area contributed by atoms with Crippen molar-refractivity contribution in [3.05, 3.63) is 107 Å². The average Bonchev–Trinajstić information content (AvgIpc) is 3.34. The number of carbonyl (C=O) groups is 1. The second-order valence-corrected chi connectivity index (χ2v) is 8.84. The van der Waals surface area contributed by atoms with Crippen LogP contribution in [0.3, 0.4) is 0 Å². The fourth-order valence-corrected chi connectivity index (χ4v) is 4.34. The van der Waals surface area contributed by atoms with Crippen LogP contribution in [0.5, 0.6) is 11.5 Å². The van der Waals surface area contributed by atoms with E-state index in [1.807, 2.05) is 36.4 Å². The van der Waals surface area contributed by atoms with Crippen molar-refractivity contribution in [1.29, 1.82) is 0 Å². The van der Waals surface area contributed by atoms with Crippen molar-refractivity contribution >= 4 is 17.4 Å². The van der Waals surface area contributed by atoms with Crippen molar-refractivity contribution in [2.75, 3.05) is 33.4 Å². The molecule has 0 radical (unpaired) electrons. The first kappa shape index (κ1) is 25.4. The lowest BCUT2D eigenvalue weighted by Crippen LogP contribution is -2.29. The fraction of sp³-hybridized carbons (Fsp3) is 0.258. The summed E-state index contributed by atoms with van der Waals surface area (Å²) in [5.41, 5.74) is 6.33. The summed E-state index contributed by atoms with van der Waals surface area (Å²) in [6, 6.07) is 24.5. The number of ether oxygens (including phenoxy) is 2. The van der Waals surface area contributed by atoms with Gasteiger partial charge < -0.3 is 14.6 Å². The Morgan fingerprint density at radius 1 is 0.972 bits per heavy atom. The van der Waals surface area contributed by atoms with Crippen molar-refractivity contribution in [3.8, 4) is 11.5 Å². The first-order chi connectivity index (χ1) is 17.6. The minimum atomic E-state index is -0.469. The van der Waals surface area contributed by atoms with Gasteiger partial charge in [0.2, 0.25) is 0 Å². The van der Waals surface area contributed by atoms with E-state index >= 15 is 0 Å². The van der Waals surface area contributed by atoms with Crippen LogP contribution in [0.1, 0.15) is 28.7 Å². The van der Waals surface area contributed by atoms with Crippen molar-refractivity contribution < 1.29 is 19.4 Å². The van der Waals surface area contributed by atoms with Crippen LogP contribution in [0, 0.1) is 0 Å². The van der Waals surface area contributed by atoms with E-state index in [-0.39, 0.29) is 5.78 Å². The summed E-state index contributed by atoms with van der Waals surface area (Å²) < 4.78 is 11.2. The Morgan fingerprint density at radius 2 is 1.72 bits per heavy atom. The third-order valence-electron chi connectivity index (χ3n) is 6.37. The Labute approximate surface area is 213 Å². The molecule has 0 heterocycles. The molecule has 186 valence electrons. The normalized spacial score (nSPS) is 12.6. The SMILES string of the molecule is COc1ccc(OCCN(CCC2=CCc3ccccc32)Cc2ccc(/C=C/C(=O)CO)cc2)cc1. The molecule has 0 aliphatic heterocycles. The number of ketones is 1. The first-order valence-electron chi connectivity index (χ1n) is 12.3. The monoisotopic (exact) mass is 483 g/mol. The quantitative estimate of drug-likeness (QED) is 0.340. The molecule has 5 heteroatoms. The highest BCUT2D eigenvalue weighted by molar-refractivity contribution is 5.94. The summed E-state index contributed by atoms with van der Waals surface area (Å²) in [5.74, 6) is 1.34. The minimum absolute atomic E-state index is 0.301. The van der Waals surface area contributed by atoms with E-state index in [1.165, 1.54) is 28.3 Å². The number of nitrogens with zero attached hydrogens (tertiary/aromatic N) is 1. The Morgan fingerprint density at radius 3 is 2.47 bits per heavy atom. The molecule has 3 aromatic carbocycles. The molecule has 1 N–H and O–H groups in total. The zero-order chi connectivity index (χ0) is 25.2. The summed E-state index contributed by atoms with van der Waals surface area (Å²) in [4.78, 5) is 13.7. The van der Waals surface area contributed by atoms with E-state index < -0.39 is 6.61 Å². The number of rotatable bonds is 13. The average molecular weight is 484 g/mol. The molecule has 0 aromatic heterocycles. The first-order valence-corrected chi connectivity index (χ1v) is 12.3. The number of benzene rings is 3. The maximum Gasteiger partial charge on any atom is 0.181 e. The Kier molecular flexibility index (Phi) is 9.09. The predicted octanol–water partition coefficient (Wildman–Crippen LogP) is 5.18. The van der Waals surface area contributed by atoms with Gasteiger partial charge in [-0.25, -0.2) is 0 Å². The van der Waals surface area contributed by atoms with Gasteiger partial charge in [0.1, 0.15) is 24.7 Å². The molecule has 1 aliphatic rings. The summed E-state index contributed by atoms with van der Waals surface area (Å²) >= 11 is 0. The van der Waals surface area contributed by atoms with E-state index in [0.29, 0.717) is 6.61 Å². The topological polar surface area (TPSA) is 59.0 Å². The summed E-state index contributed by atoms with van der Waals surface area (Å²) in [6.45, 7) is 2.65. The van der Waals surface area contributed by atoms with Gasteiger partial charge in [0.05, 0.1) is 7.11 Å². The molecule has 0 saturated carbocycles. The number of hydrogen-bond donors (Lipinski definition) is 1. The van der Waals surface area contributed by atoms with Crippen molar-refractivity contribution in [2.24, 2.45) is 0 Å². The molecule has 36 heavy (non-hydrogen) atoms. The minimum Gasteiger partial charge on any atom is -0.497 e. The van der Waals surface area contributed by atoms with Crippen molar-refractivity contribution in [1.82, 2.24) is 4.90 Å². The van der Waals surface area contributed by atoms with E-state index in [4.69, 9.17) is 14.6 Å². The third kappa shape index (κ3) is 7.17. The second kappa shape index (κ2) is 12.9. The van der Waals surface area contributed by atoms with Crippen LogP contribution in [0.4, 0.5) is 0 Å². The zero-order valence-corrected chi connectivity index (χ0v) is 20.7. The lowest BCUT2D eigenvalue weighted by molar-refractivity contribution is -0.117. The summed E-state index contributed by atoms with van der Waals surface area (Å²) in [6.07, 6.45) is 7.49. The highest BCUT2D eigenvalue weighted by Gasteiger charge is 2.15. The molecular weight excluding hydrogens is 450 g/mol. The molecule has 0 saturated heterocycles. The molecule has 0 fully saturated rings. The van der Waals surface area contributed by atoms with Gasteiger partial charge in [-0.3, -0.25) is 9.69 Å². The number of aliphatic hydroxyl groups excluding tert-OH is 1. The molecular formula is C31H33NO4. The predicted molar refractivity (Wildman–Crippen MR) is 144 cm³/mol. The maximum absolute atomic E-state index is 11.3. The lowest BCUT2D eigenvalue weighted by atomic mass is 10.0. The van der Waals surface area contributed by atoms with Gasteiger partial charge in [0.15, 0.2) is 5.78 Å². The van der Waals surface area contributed by atoms with Gasteiger partial charge in [0, 0.05) is 19.6 Å². The Bertz CT molecular complexity index is 1200. The standard InChI is InChI=1S/C31H33NO4/c1-35-29-14-16-30(17-15-29)36-21-20-32(19-18-27-12-11-26-4-2-3-5-31(26)27)22-25-8-6-24(7-9-25)10-13-28(34)23-33/h2-10,12-17,33H,11,18-23H2,1H3/b13-10+. The van der Waals surface area contributed by atoms with Gasteiger partial charge >= 0.3 is 0 Å². The highest BCUT2D eigenvalue weighted by Crippen LogP contribution is 2.29. The van der Waals surface area contributed by atoms with E-state index in [1.54, 1.807) is 13.2 Å². The van der Waals surface area contributed by atoms with Gasteiger partial charge in [-0.05, 0) is 71.0 Å². The number of aliphatic hydroxyl groups is 1. The van der Waals surface area contributed by atoms with Gasteiger partial charge in [0.25, 0.3) is 0 Å².